The van der Waals surface area contributed by atoms with Crippen LogP contribution in [0.25, 0.3) is 5.69 Å². The molecule has 0 saturated carbocycles. The number of carbonyl (C=O) groups excluding carboxylic acids is 1. The van der Waals surface area contributed by atoms with E-state index in [2.05, 4.69) is 20.4 Å². The Hall–Kier alpha value is -3.55. The number of carboxylic acid groups (broad SMARTS) is 1. The third kappa shape index (κ3) is 3.12. The topological polar surface area (TPSA) is 110 Å². The molecule has 0 fully saturated rings. The Labute approximate surface area is 136 Å². The average molecular weight is 323 g/mol. The summed E-state index contributed by atoms with van der Waals surface area (Å²) in [5.41, 5.74) is 1.62. The van der Waals surface area contributed by atoms with Crippen LogP contribution in [-0.2, 0) is 0 Å². The number of rotatable bonds is 4. The number of nitrogens with one attached hydrogen (secondary N) is 1. The van der Waals surface area contributed by atoms with E-state index in [0.29, 0.717) is 5.69 Å². The van der Waals surface area contributed by atoms with Gasteiger partial charge in [-0.3, -0.25) is 4.79 Å². The maximum atomic E-state index is 12.2. The highest BCUT2D eigenvalue weighted by Crippen LogP contribution is 2.14. The van der Waals surface area contributed by atoms with Crippen LogP contribution in [0, 0.1) is 6.92 Å². The minimum Gasteiger partial charge on any atom is -0.476 e. The molecule has 1 aromatic carbocycles. The quantitative estimate of drug-likeness (QED) is 0.759. The number of carboxylic acids is 1. The Bertz CT molecular complexity index is 902. The number of hydrogen-bond donors (Lipinski definition) is 2. The lowest BCUT2D eigenvalue weighted by molar-refractivity contribution is 0.0685. The van der Waals surface area contributed by atoms with Crippen molar-refractivity contribution in [2.24, 2.45) is 0 Å². The van der Waals surface area contributed by atoms with Gasteiger partial charge in [0.2, 0.25) is 0 Å². The summed E-state index contributed by atoms with van der Waals surface area (Å²) in [5, 5.41) is 16.0. The molecule has 3 rings (SSSR count). The molecule has 0 atom stereocenters. The summed E-state index contributed by atoms with van der Waals surface area (Å²) in [4.78, 5) is 30.8. The van der Waals surface area contributed by atoms with Crippen molar-refractivity contribution >= 4 is 17.6 Å². The maximum Gasteiger partial charge on any atom is 0.356 e. The lowest BCUT2D eigenvalue weighted by Crippen LogP contribution is -2.19. The van der Waals surface area contributed by atoms with E-state index in [1.54, 1.807) is 28.9 Å². The predicted molar refractivity (Wildman–Crippen MR) is 85.2 cm³/mol. The van der Waals surface area contributed by atoms with Gasteiger partial charge in [-0.05, 0) is 37.3 Å². The molecule has 24 heavy (non-hydrogen) atoms. The number of carbonyl (C=O) groups is 2. The molecule has 0 aliphatic carbocycles. The van der Waals surface area contributed by atoms with Crippen LogP contribution in [0.4, 0.5) is 5.69 Å². The highest BCUT2D eigenvalue weighted by Gasteiger charge is 2.19. The van der Waals surface area contributed by atoms with Gasteiger partial charge in [-0.1, -0.05) is 0 Å². The van der Waals surface area contributed by atoms with Crippen molar-refractivity contribution in [3.8, 4) is 5.69 Å². The predicted octanol–water partition coefficient (Wildman–Crippen LogP) is 1.92. The van der Waals surface area contributed by atoms with Crippen molar-refractivity contribution in [2.45, 2.75) is 6.92 Å². The lowest BCUT2D eigenvalue weighted by atomic mass is 10.2. The van der Waals surface area contributed by atoms with E-state index >= 15 is 0 Å². The zero-order valence-electron chi connectivity index (χ0n) is 12.7. The molecule has 0 aliphatic rings. The summed E-state index contributed by atoms with van der Waals surface area (Å²) in [6, 6.07) is 8.85. The van der Waals surface area contributed by atoms with Crippen molar-refractivity contribution in [3.63, 3.8) is 0 Å². The fourth-order valence-electron chi connectivity index (χ4n) is 2.11. The van der Waals surface area contributed by atoms with Gasteiger partial charge in [-0.2, -0.15) is 5.10 Å². The van der Waals surface area contributed by atoms with E-state index < -0.39 is 17.6 Å². The number of aromatic carboxylic acids is 1. The first-order chi connectivity index (χ1) is 11.5. The van der Waals surface area contributed by atoms with Crippen molar-refractivity contribution in [1.29, 1.82) is 0 Å². The number of benzene rings is 1. The molecule has 120 valence electrons. The van der Waals surface area contributed by atoms with Crippen LogP contribution in [0.15, 0.2) is 48.9 Å². The van der Waals surface area contributed by atoms with E-state index in [4.69, 9.17) is 5.11 Å². The SMILES string of the molecule is Cc1ccn(-c2ccc(NC(=O)c3nccnc3C(=O)O)cc2)n1. The zero-order valence-corrected chi connectivity index (χ0v) is 12.7. The number of aryl methyl sites for hydroxylation is 1. The smallest absolute Gasteiger partial charge is 0.356 e. The van der Waals surface area contributed by atoms with Crippen LogP contribution in [0.1, 0.15) is 26.7 Å². The standard InChI is InChI=1S/C16H13N5O3/c1-10-6-9-21(20-10)12-4-2-11(3-5-12)19-15(22)13-14(16(23)24)18-8-7-17-13/h2-9H,1H3,(H,19,22)(H,23,24). The van der Waals surface area contributed by atoms with Gasteiger partial charge < -0.3 is 10.4 Å². The van der Waals surface area contributed by atoms with Crippen LogP contribution < -0.4 is 5.32 Å². The van der Waals surface area contributed by atoms with E-state index in [1.807, 2.05) is 19.2 Å². The molecule has 1 amide bonds. The van der Waals surface area contributed by atoms with Gasteiger partial charge in [0.15, 0.2) is 11.4 Å². The molecule has 0 aliphatic heterocycles. The Morgan fingerprint density at radius 3 is 2.29 bits per heavy atom. The molecule has 0 unspecified atom stereocenters. The molecule has 2 aromatic heterocycles. The van der Waals surface area contributed by atoms with E-state index in [-0.39, 0.29) is 5.69 Å². The minimum absolute atomic E-state index is 0.239. The summed E-state index contributed by atoms with van der Waals surface area (Å²) in [6.45, 7) is 1.89. The summed E-state index contributed by atoms with van der Waals surface area (Å²) < 4.78 is 1.71. The van der Waals surface area contributed by atoms with Crippen LogP contribution >= 0.6 is 0 Å². The monoisotopic (exact) mass is 323 g/mol. The summed E-state index contributed by atoms with van der Waals surface area (Å²) in [5.74, 6) is -1.94. The van der Waals surface area contributed by atoms with Crippen LogP contribution in [0.5, 0.6) is 0 Å². The molecule has 0 saturated heterocycles. The largest absolute Gasteiger partial charge is 0.476 e. The molecule has 8 nitrogen and oxygen atoms in total. The van der Waals surface area contributed by atoms with E-state index in [1.165, 1.54) is 12.4 Å². The van der Waals surface area contributed by atoms with E-state index in [0.717, 1.165) is 11.4 Å². The van der Waals surface area contributed by atoms with Gasteiger partial charge in [0.1, 0.15) is 0 Å². The van der Waals surface area contributed by atoms with Gasteiger partial charge in [-0.25, -0.2) is 19.4 Å². The second kappa shape index (κ2) is 6.29. The van der Waals surface area contributed by atoms with E-state index in [9.17, 15) is 9.59 Å². The first-order valence-corrected chi connectivity index (χ1v) is 7.03. The summed E-state index contributed by atoms with van der Waals surface area (Å²) in [6.07, 6.45) is 4.33. The number of aromatic nitrogens is 4. The second-order valence-corrected chi connectivity index (χ2v) is 4.96. The molecule has 3 aromatic rings. The molecule has 0 spiro atoms. The van der Waals surface area contributed by atoms with Crippen molar-refractivity contribution in [3.05, 3.63) is 66.0 Å². The molecule has 2 heterocycles. The summed E-state index contributed by atoms with van der Waals surface area (Å²) in [7, 11) is 0. The minimum atomic E-state index is -1.31. The van der Waals surface area contributed by atoms with Gasteiger partial charge in [0.05, 0.1) is 11.4 Å². The van der Waals surface area contributed by atoms with Crippen molar-refractivity contribution in [1.82, 2.24) is 19.7 Å². The second-order valence-electron chi connectivity index (χ2n) is 4.96. The lowest BCUT2D eigenvalue weighted by Gasteiger charge is -2.07. The maximum absolute atomic E-state index is 12.2. The molecule has 2 N–H and O–H groups in total. The molecule has 8 heteroatoms. The third-order valence-corrected chi connectivity index (χ3v) is 3.23. The van der Waals surface area contributed by atoms with Crippen molar-refractivity contribution in [2.75, 3.05) is 5.32 Å². The van der Waals surface area contributed by atoms with Crippen LogP contribution in [-0.4, -0.2) is 36.7 Å². The van der Waals surface area contributed by atoms with Crippen LogP contribution in [0.2, 0.25) is 0 Å². The fourth-order valence-corrected chi connectivity index (χ4v) is 2.11. The van der Waals surface area contributed by atoms with Gasteiger partial charge >= 0.3 is 5.97 Å². The van der Waals surface area contributed by atoms with Crippen LogP contribution in [0.3, 0.4) is 0 Å². The number of hydrogen-bond acceptors (Lipinski definition) is 5. The van der Waals surface area contributed by atoms with Gasteiger partial charge in [0.25, 0.3) is 5.91 Å². The Morgan fingerprint density at radius 2 is 1.71 bits per heavy atom. The normalized spacial score (nSPS) is 10.4. The molecular weight excluding hydrogens is 310 g/mol. The van der Waals surface area contributed by atoms with Gasteiger partial charge in [0, 0.05) is 24.3 Å². The number of anilines is 1. The number of nitrogens with zero attached hydrogens (tertiary/aromatic N) is 4. The first-order valence-electron chi connectivity index (χ1n) is 7.03. The fraction of sp³-hybridized carbons (Fsp3) is 0.0625. The molecule has 0 bridgehead atoms. The number of amides is 1. The first kappa shape index (κ1) is 15.3. The van der Waals surface area contributed by atoms with Crippen molar-refractivity contribution < 1.29 is 14.7 Å². The molecule has 0 radical (unpaired) electrons. The highest BCUT2D eigenvalue weighted by atomic mass is 16.4. The highest BCUT2D eigenvalue weighted by molar-refractivity contribution is 6.08. The summed E-state index contributed by atoms with van der Waals surface area (Å²) >= 11 is 0. The zero-order chi connectivity index (χ0) is 17.1. The Kier molecular flexibility index (Phi) is 4.02. The molecular formula is C16H13N5O3. The Balaban J connectivity index is 1.79. The Morgan fingerprint density at radius 1 is 1.04 bits per heavy atom. The third-order valence-electron chi connectivity index (χ3n) is 3.23. The van der Waals surface area contributed by atoms with Gasteiger partial charge in [-0.15, -0.1) is 0 Å². The average Bonchev–Trinajstić information content (AvgIpc) is 3.02.